The molecule has 0 radical (unpaired) electrons. The van der Waals surface area contributed by atoms with Crippen LogP contribution in [0.15, 0.2) is 0 Å². The second-order valence-corrected chi connectivity index (χ2v) is 4.61. The fourth-order valence-corrected chi connectivity index (χ4v) is 2.48. The number of aliphatic hydroxyl groups excluding tert-OH is 2. The molecule has 3 heteroatoms. The SMILES string of the molecule is CC1CCCCC1N(C)CC(O)CO. The van der Waals surface area contributed by atoms with Gasteiger partial charge in [0.25, 0.3) is 0 Å². The van der Waals surface area contributed by atoms with Crippen LogP contribution in [-0.4, -0.2) is 47.5 Å². The summed E-state index contributed by atoms with van der Waals surface area (Å²) in [6.07, 6.45) is 4.58. The van der Waals surface area contributed by atoms with Crippen LogP contribution < -0.4 is 0 Å². The standard InChI is InChI=1S/C11H23NO2/c1-9-5-3-4-6-11(9)12(2)7-10(14)8-13/h9-11,13-14H,3-8H2,1-2H3. The molecule has 1 aliphatic rings. The van der Waals surface area contributed by atoms with Gasteiger partial charge in [-0.05, 0) is 25.8 Å². The van der Waals surface area contributed by atoms with Crippen LogP contribution in [0, 0.1) is 5.92 Å². The van der Waals surface area contributed by atoms with Gasteiger partial charge in [-0.25, -0.2) is 0 Å². The predicted molar refractivity (Wildman–Crippen MR) is 57.1 cm³/mol. The molecule has 0 aromatic heterocycles. The average Bonchev–Trinajstić information content (AvgIpc) is 2.18. The minimum Gasteiger partial charge on any atom is -0.394 e. The predicted octanol–water partition coefficient (Wildman–Crippen LogP) is 0.850. The van der Waals surface area contributed by atoms with Crippen LogP contribution in [0.3, 0.4) is 0 Å². The molecule has 1 aliphatic carbocycles. The topological polar surface area (TPSA) is 43.7 Å². The van der Waals surface area contributed by atoms with Gasteiger partial charge in [-0.2, -0.15) is 0 Å². The van der Waals surface area contributed by atoms with E-state index < -0.39 is 6.10 Å². The number of likely N-dealkylation sites (N-methyl/N-ethyl adjacent to an activating group) is 1. The molecular weight excluding hydrogens is 178 g/mol. The molecule has 2 N–H and O–H groups in total. The zero-order valence-electron chi connectivity index (χ0n) is 9.32. The van der Waals surface area contributed by atoms with Gasteiger partial charge >= 0.3 is 0 Å². The maximum Gasteiger partial charge on any atom is 0.0897 e. The largest absolute Gasteiger partial charge is 0.394 e. The first-order valence-electron chi connectivity index (χ1n) is 5.64. The Kier molecular flexibility index (Phi) is 4.85. The van der Waals surface area contributed by atoms with Crippen molar-refractivity contribution >= 4 is 0 Å². The molecule has 1 fully saturated rings. The summed E-state index contributed by atoms with van der Waals surface area (Å²) in [7, 11) is 2.05. The lowest BCUT2D eigenvalue weighted by Crippen LogP contribution is -2.43. The second kappa shape index (κ2) is 5.69. The van der Waals surface area contributed by atoms with Crippen molar-refractivity contribution in [3.8, 4) is 0 Å². The molecule has 14 heavy (non-hydrogen) atoms. The Balaban J connectivity index is 2.37. The minimum atomic E-state index is -0.589. The van der Waals surface area contributed by atoms with Crippen LogP contribution in [0.25, 0.3) is 0 Å². The lowest BCUT2D eigenvalue weighted by Gasteiger charge is -2.37. The highest BCUT2D eigenvalue weighted by atomic mass is 16.3. The molecule has 0 heterocycles. The smallest absolute Gasteiger partial charge is 0.0897 e. The fraction of sp³-hybridized carbons (Fsp3) is 1.00. The lowest BCUT2D eigenvalue weighted by molar-refractivity contribution is 0.0374. The van der Waals surface area contributed by atoms with E-state index in [1.807, 2.05) is 7.05 Å². The van der Waals surface area contributed by atoms with Gasteiger partial charge in [0.15, 0.2) is 0 Å². The van der Waals surface area contributed by atoms with E-state index in [1.54, 1.807) is 0 Å². The van der Waals surface area contributed by atoms with E-state index in [0.29, 0.717) is 12.6 Å². The summed E-state index contributed by atoms with van der Waals surface area (Å²) in [5, 5.41) is 18.1. The van der Waals surface area contributed by atoms with E-state index in [9.17, 15) is 5.11 Å². The first-order valence-corrected chi connectivity index (χ1v) is 5.64. The van der Waals surface area contributed by atoms with Crippen molar-refractivity contribution in [3.05, 3.63) is 0 Å². The Labute approximate surface area is 86.7 Å². The quantitative estimate of drug-likeness (QED) is 0.708. The maximum absolute atomic E-state index is 9.35. The first-order chi connectivity index (χ1) is 6.65. The number of nitrogens with zero attached hydrogens (tertiary/aromatic N) is 1. The van der Waals surface area contributed by atoms with Gasteiger partial charge in [-0.1, -0.05) is 19.8 Å². The maximum atomic E-state index is 9.35. The van der Waals surface area contributed by atoms with Gasteiger partial charge in [-0.15, -0.1) is 0 Å². The highest BCUT2D eigenvalue weighted by molar-refractivity contribution is 4.80. The van der Waals surface area contributed by atoms with E-state index in [2.05, 4.69) is 11.8 Å². The second-order valence-electron chi connectivity index (χ2n) is 4.61. The molecule has 0 bridgehead atoms. The average molecular weight is 201 g/mol. The molecule has 0 amide bonds. The van der Waals surface area contributed by atoms with Crippen LogP contribution in [-0.2, 0) is 0 Å². The van der Waals surface area contributed by atoms with E-state index in [4.69, 9.17) is 5.11 Å². The van der Waals surface area contributed by atoms with Gasteiger partial charge in [0.1, 0.15) is 0 Å². The molecule has 0 aliphatic heterocycles. The highest BCUT2D eigenvalue weighted by Crippen LogP contribution is 2.27. The molecule has 1 saturated carbocycles. The zero-order valence-corrected chi connectivity index (χ0v) is 9.32. The van der Waals surface area contributed by atoms with E-state index in [-0.39, 0.29) is 6.61 Å². The molecular formula is C11H23NO2. The van der Waals surface area contributed by atoms with Crippen molar-refractivity contribution in [2.75, 3.05) is 20.2 Å². The van der Waals surface area contributed by atoms with Gasteiger partial charge in [-0.3, -0.25) is 0 Å². The normalized spacial score (nSPS) is 30.6. The number of hydrogen-bond donors (Lipinski definition) is 2. The third kappa shape index (κ3) is 3.23. The molecule has 3 nitrogen and oxygen atoms in total. The molecule has 3 atom stereocenters. The van der Waals surface area contributed by atoms with Crippen LogP contribution in [0.5, 0.6) is 0 Å². The molecule has 0 saturated heterocycles. The Hall–Kier alpha value is -0.120. The Morgan fingerprint density at radius 2 is 2.00 bits per heavy atom. The van der Waals surface area contributed by atoms with Gasteiger partial charge < -0.3 is 15.1 Å². The summed E-state index contributed by atoms with van der Waals surface area (Å²) in [5.41, 5.74) is 0. The Morgan fingerprint density at radius 3 is 2.57 bits per heavy atom. The zero-order chi connectivity index (χ0) is 10.6. The Morgan fingerprint density at radius 1 is 1.36 bits per heavy atom. The van der Waals surface area contributed by atoms with Crippen molar-refractivity contribution in [2.45, 2.75) is 44.8 Å². The van der Waals surface area contributed by atoms with Crippen molar-refractivity contribution in [3.63, 3.8) is 0 Å². The van der Waals surface area contributed by atoms with Crippen molar-refractivity contribution < 1.29 is 10.2 Å². The number of hydrogen-bond acceptors (Lipinski definition) is 3. The van der Waals surface area contributed by atoms with E-state index in [0.717, 1.165) is 5.92 Å². The van der Waals surface area contributed by atoms with Crippen molar-refractivity contribution in [1.29, 1.82) is 0 Å². The summed E-state index contributed by atoms with van der Waals surface area (Å²) in [6, 6.07) is 0.588. The molecule has 84 valence electrons. The first kappa shape index (κ1) is 12.0. The summed E-state index contributed by atoms with van der Waals surface area (Å²) < 4.78 is 0. The minimum absolute atomic E-state index is 0.133. The highest BCUT2D eigenvalue weighted by Gasteiger charge is 2.25. The van der Waals surface area contributed by atoms with Gasteiger partial charge in [0.05, 0.1) is 12.7 Å². The molecule has 0 spiro atoms. The third-order valence-electron chi connectivity index (χ3n) is 3.34. The van der Waals surface area contributed by atoms with Crippen molar-refractivity contribution in [1.82, 2.24) is 4.90 Å². The van der Waals surface area contributed by atoms with Crippen LogP contribution in [0.4, 0.5) is 0 Å². The summed E-state index contributed by atoms with van der Waals surface area (Å²) in [5.74, 6) is 0.722. The Bertz CT molecular complexity index is 163. The molecule has 0 aromatic rings. The molecule has 1 rings (SSSR count). The van der Waals surface area contributed by atoms with Crippen LogP contribution >= 0.6 is 0 Å². The fourth-order valence-electron chi connectivity index (χ4n) is 2.48. The molecule has 0 aromatic carbocycles. The van der Waals surface area contributed by atoms with Gasteiger partial charge in [0, 0.05) is 12.6 Å². The van der Waals surface area contributed by atoms with E-state index in [1.165, 1.54) is 25.7 Å². The third-order valence-corrected chi connectivity index (χ3v) is 3.34. The number of rotatable bonds is 4. The summed E-state index contributed by atoms with van der Waals surface area (Å²) >= 11 is 0. The van der Waals surface area contributed by atoms with E-state index >= 15 is 0 Å². The summed E-state index contributed by atoms with van der Waals surface area (Å²) in [6.45, 7) is 2.74. The number of aliphatic hydroxyl groups is 2. The van der Waals surface area contributed by atoms with Crippen LogP contribution in [0.2, 0.25) is 0 Å². The molecule has 3 unspecified atom stereocenters. The monoisotopic (exact) mass is 201 g/mol. The lowest BCUT2D eigenvalue weighted by atomic mass is 9.85. The van der Waals surface area contributed by atoms with Crippen LogP contribution in [0.1, 0.15) is 32.6 Å². The van der Waals surface area contributed by atoms with Crippen molar-refractivity contribution in [2.24, 2.45) is 5.92 Å². The summed E-state index contributed by atoms with van der Waals surface area (Å²) in [4.78, 5) is 2.20. The van der Waals surface area contributed by atoms with Gasteiger partial charge in [0.2, 0.25) is 0 Å².